The predicted octanol–water partition coefficient (Wildman–Crippen LogP) is 2.52. The zero-order chi connectivity index (χ0) is 15.2. The first-order valence-corrected chi connectivity index (χ1v) is 8.09. The van der Waals surface area contributed by atoms with E-state index in [1.54, 1.807) is 4.90 Å². The van der Waals surface area contributed by atoms with E-state index in [4.69, 9.17) is 4.74 Å². The largest absolute Gasteiger partial charge is 0.491 e. The Morgan fingerprint density at radius 1 is 1.52 bits per heavy atom. The summed E-state index contributed by atoms with van der Waals surface area (Å²) < 4.78 is 6.89. The van der Waals surface area contributed by atoms with Crippen LogP contribution in [0.3, 0.4) is 0 Å². The first-order chi connectivity index (χ1) is 10.1. The van der Waals surface area contributed by atoms with Crippen LogP contribution in [0.25, 0.3) is 0 Å². The van der Waals surface area contributed by atoms with Crippen molar-refractivity contribution in [1.29, 1.82) is 0 Å². The van der Waals surface area contributed by atoms with Crippen LogP contribution in [0.4, 0.5) is 4.79 Å². The van der Waals surface area contributed by atoms with Crippen LogP contribution in [0.15, 0.2) is 22.7 Å². The smallest absolute Gasteiger partial charge is 0.317 e. The number of nitrogens with zero attached hydrogens (tertiary/aromatic N) is 1. The highest BCUT2D eigenvalue weighted by atomic mass is 79.9. The maximum atomic E-state index is 11.5. The summed E-state index contributed by atoms with van der Waals surface area (Å²) in [5.74, 6) is 0.859. The first kappa shape index (κ1) is 16.1. The molecule has 116 valence electrons. The normalized spacial score (nSPS) is 16.0. The number of halogens is 1. The van der Waals surface area contributed by atoms with Gasteiger partial charge in [-0.05, 0) is 25.6 Å². The number of hydrogen-bond donors (Lipinski definition) is 2. The Morgan fingerprint density at radius 2 is 2.33 bits per heavy atom. The Bertz CT molecular complexity index is 496. The molecule has 2 rings (SSSR count). The van der Waals surface area contributed by atoms with Crippen LogP contribution < -0.4 is 15.4 Å². The van der Waals surface area contributed by atoms with Gasteiger partial charge in [0.2, 0.25) is 0 Å². The lowest BCUT2D eigenvalue weighted by Crippen LogP contribution is -2.32. The van der Waals surface area contributed by atoms with Crippen LogP contribution >= 0.6 is 15.9 Å². The van der Waals surface area contributed by atoms with Crippen molar-refractivity contribution in [3.63, 3.8) is 0 Å². The van der Waals surface area contributed by atoms with Crippen molar-refractivity contribution in [2.24, 2.45) is 0 Å². The maximum absolute atomic E-state index is 11.5. The molecule has 1 atom stereocenters. The summed E-state index contributed by atoms with van der Waals surface area (Å²) in [6.45, 7) is 7.68. The van der Waals surface area contributed by atoms with E-state index in [0.29, 0.717) is 13.2 Å². The van der Waals surface area contributed by atoms with Gasteiger partial charge in [0, 0.05) is 29.2 Å². The lowest BCUT2D eigenvalue weighted by atomic mass is 10.1. The molecule has 0 aromatic heterocycles. The average molecular weight is 356 g/mol. The minimum atomic E-state index is -0.00548. The summed E-state index contributed by atoms with van der Waals surface area (Å²) in [6, 6.07) is 6.29. The van der Waals surface area contributed by atoms with Gasteiger partial charge >= 0.3 is 6.03 Å². The molecule has 1 aromatic rings. The Balaban J connectivity index is 1.97. The number of carbonyl (C=O) groups is 1. The average Bonchev–Trinajstić information content (AvgIpc) is 2.85. The van der Waals surface area contributed by atoms with Gasteiger partial charge in [0.25, 0.3) is 0 Å². The summed E-state index contributed by atoms with van der Waals surface area (Å²) >= 11 is 3.48. The molecule has 0 aliphatic carbocycles. The van der Waals surface area contributed by atoms with Gasteiger partial charge in [-0.25, -0.2) is 4.79 Å². The second-order valence-electron chi connectivity index (χ2n) is 5.03. The summed E-state index contributed by atoms with van der Waals surface area (Å²) in [5, 5.41) is 6.18. The Morgan fingerprint density at radius 3 is 3.00 bits per heavy atom. The molecular weight excluding hydrogens is 334 g/mol. The van der Waals surface area contributed by atoms with Gasteiger partial charge in [-0.3, -0.25) is 0 Å². The summed E-state index contributed by atoms with van der Waals surface area (Å²) in [6.07, 6.45) is 0. The number of benzene rings is 1. The summed E-state index contributed by atoms with van der Waals surface area (Å²) in [4.78, 5) is 13.2. The third-order valence-electron chi connectivity index (χ3n) is 3.52. The Hall–Kier alpha value is -1.27. The SMILES string of the molecule is CCNC(C)c1ccc(Br)cc1OCCN1CCNC1=O. The van der Waals surface area contributed by atoms with Crippen molar-refractivity contribution in [2.45, 2.75) is 19.9 Å². The van der Waals surface area contributed by atoms with Crippen LogP contribution in [0, 0.1) is 0 Å². The van der Waals surface area contributed by atoms with Gasteiger partial charge in [0.1, 0.15) is 12.4 Å². The Kier molecular flexibility index (Phi) is 5.87. The molecule has 1 saturated heterocycles. The number of carbonyl (C=O) groups excluding carboxylic acids is 1. The van der Waals surface area contributed by atoms with E-state index in [2.05, 4.69) is 46.5 Å². The van der Waals surface area contributed by atoms with E-state index in [-0.39, 0.29) is 12.1 Å². The van der Waals surface area contributed by atoms with Crippen molar-refractivity contribution >= 4 is 22.0 Å². The van der Waals surface area contributed by atoms with Gasteiger partial charge in [-0.15, -0.1) is 0 Å². The van der Waals surface area contributed by atoms with Crippen molar-refractivity contribution in [1.82, 2.24) is 15.5 Å². The van der Waals surface area contributed by atoms with Crippen LogP contribution in [0.5, 0.6) is 5.75 Å². The lowest BCUT2D eigenvalue weighted by molar-refractivity contribution is 0.202. The molecule has 1 aromatic carbocycles. The van der Waals surface area contributed by atoms with Gasteiger partial charge in [-0.2, -0.15) is 0 Å². The second-order valence-corrected chi connectivity index (χ2v) is 5.94. The molecule has 0 bridgehead atoms. The molecule has 1 heterocycles. The molecule has 1 aliphatic rings. The second kappa shape index (κ2) is 7.66. The van der Waals surface area contributed by atoms with Crippen LogP contribution in [0.2, 0.25) is 0 Å². The van der Waals surface area contributed by atoms with E-state index >= 15 is 0 Å². The molecule has 6 heteroatoms. The highest BCUT2D eigenvalue weighted by Crippen LogP contribution is 2.28. The minimum Gasteiger partial charge on any atom is -0.491 e. The van der Waals surface area contributed by atoms with Crippen molar-refractivity contribution in [3.8, 4) is 5.75 Å². The number of rotatable bonds is 7. The summed E-state index contributed by atoms with van der Waals surface area (Å²) in [5.41, 5.74) is 1.13. The van der Waals surface area contributed by atoms with Crippen LogP contribution in [0.1, 0.15) is 25.5 Å². The zero-order valence-corrected chi connectivity index (χ0v) is 14.1. The van der Waals surface area contributed by atoms with Crippen molar-refractivity contribution in [3.05, 3.63) is 28.2 Å². The molecule has 5 nitrogen and oxygen atoms in total. The first-order valence-electron chi connectivity index (χ1n) is 7.30. The fourth-order valence-corrected chi connectivity index (χ4v) is 2.74. The molecule has 1 unspecified atom stereocenters. The number of hydrogen-bond acceptors (Lipinski definition) is 3. The third-order valence-corrected chi connectivity index (χ3v) is 4.01. The molecular formula is C15H22BrN3O2. The van der Waals surface area contributed by atoms with E-state index in [1.165, 1.54) is 0 Å². The third kappa shape index (κ3) is 4.35. The highest BCUT2D eigenvalue weighted by Gasteiger charge is 2.19. The quantitative estimate of drug-likeness (QED) is 0.790. The van der Waals surface area contributed by atoms with E-state index in [1.807, 2.05) is 12.1 Å². The minimum absolute atomic E-state index is 0.00548. The molecule has 0 saturated carbocycles. The number of urea groups is 1. The molecule has 1 fully saturated rings. The van der Waals surface area contributed by atoms with Gasteiger partial charge in [0.15, 0.2) is 0 Å². The van der Waals surface area contributed by atoms with E-state index in [0.717, 1.165) is 35.4 Å². The molecule has 21 heavy (non-hydrogen) atoms. The monoisotopic (exact) mass is 355 g/mol. The number of nitrogens with one attached hydrogen (secondary N) is 2. The van der Waals surface area contributed by atoms with Crippen molar-refractivity contribution in [2.75, 3.05) is 32.8 Å². The van der Waals surface area contributed by atoms with E-state index < -0.39 is 0 Å². The fraction of sp³-hybridized carbons (Fsp3) is 0.533. The molecule has 1 aliphatic heterocycles. The Labute approximate surface area is 134 Å². The number of ether oxygens (including phenoxy) is 1. The van der Waals surface area contributed by atoms with Gasteiger partial charge in [-0.1, -0.05) is 28.9 Å². The topological polar surface area (TPSA) is 53.6 Å². The van der Waals surface area contributed by atoms with Crippen LogP contribution in [-0.4, -0.2) is 43.7 Å². The predicted molar refractivity (Wildman–Crippen MR) is 86.7 cm³/mol. The van der Waals surface area contributed by atoms with Crippen molar-refractivity contribution < 1.29 is 9.53 Å². The summed E-state index contributed by atoms with van der Waals surface area (Å²) in [7, 11) is 0. The maximum Gasteiger partial charge on any atom is 0.317 e. The molecule has 0 radical (unpaired) electrons. The van der Waals surface area contributed by atoms with E-state index in [9.17, 15) is 4.79 Å². The standard InChI is InChI=1S/C15H22BrN3O2/c1-3-17-11(2)13-5-4-12(16)10-14(13)21-9-8-19-7-6-18-15(19)20/h4-5,10-11,17H,3,6-9H2,1-2H3,(H,18,20). The lowest BCUT2D eigenvalue weighted by Gasteiger charge is -2.19. The molecule has 2 N–H and O–H groups in total. The zero-order valence-electron chi connectivity index (χ0n) is 12.5. The van der Waals surface area contributed by atoms with Gasteiger partial charge < -0.3 is 20.3 Å². The van der Waals surface area contributed by atoms with Crippen LogP contribution in [-0.2, 0) is 0 Å². The fourth-order valence-electron chi connectivity index (χ4n) is 2.40. The highest BCUT2D eigenvalue weighted by molar-refractivity contribution is 9.10. The number of amides is 2. The molecule has 0 spiro atoms. The van der Waals surface area contributed by atoms with Gasteiger partial charge in [0.05, 0.1) is 6.54 Å². The molecule has 2 amide bonds.